The maximum absolute atomic E-state index is 12.3. The second kappa shape index (κ2) is 7.16. The van der Waals surface area contributed by atoms with E-state index in [0.29, 0.717) is 18.4 Å². The fraction of sp³-hybridized carbons (Fsp3) is 0.579. The number of nitrogens with zero attached hydrogens (tertiary/aromatic N) is 2. The molecule has 2 aromatic rings. The monoisotopic (exact) mass is 313 g/mol. The fourth-order valence-corrected chi connectivity index (χ4v) is 3.45. The first-order valence-corrected chi connectivity index (χ1v) is 8.87. The van der Waals surface area contributed by atoms with Gasteiger partial charge in [0, 0.05) is 12.5 Å². The van der Waals surface area contributed by atoms with Gasteiger partial charge in [0.1, 0.15) is 12.4 Å². The Bertz CT molecular complexity index is 668. The largest absolute Gasteiger partial charge is 0.354 e. The van der Waals surface area contributed by atoms with Gasteiger partial charge in [-0.2, -0.15) is 0 Å². The molecule has 1 aliphatic rings. The zero-order valence-corrected chi connectivity index (χ0v) is 14.2. The Morgan fingerprint density at radius 1 is 1.26 bits per heavy atom. The van der Waals surface area contributed by atoms with Gasteiger partial charge in [-0.1, -0.05) is 45.2 Å². The van der Waals surface area contributed by atoms with Crippen molar-refractivity contribution in [1.82, 2.24) is 14.9 Å². The van der Waals surface area contributed by atoms with Crippen LogP contribution in [-0.4, -0.2) is 22.0 Å². The zero-order valence-electron chi connectivity index (χ0n) is 14.2. The predicted molar refractivity (Wildman–Crippen MR) is 93.4 cm³/mol. The van der Waals surface area contributed by atoms with Crippen molar-refractivity contribution in [2.45, 2.75) is 58.4 Å². The Kier molecular flexibility index (Phi) is 4.99. The molecule has 0 spiro atoms. The molecule has 1 fully saturated rings. The van der Waals surface area contributed by atoms with Gasteiger partial charge in [-0.05, 0) is 30.9 Å². The molecule has 4 heteroatoms. The number of benzene rings is 1. The van der Waals surface area contributed by atoms with Crippen molar-refractivity contribution in [1.29, 1.82) is 0 Å². The summed E-state index contributed by atoms with van der Waals surface area (Å²) >= 11 is 0. The standard InChI is InChI=1S/C19H27N3O/c1-14(2)12-20-18(23)13-22-17-11-7-6-10-16(17)21-19(22)15-8-4-3-5-9-15/h6-7,10-11,14-15H,3-5,8-9,12-13H2,1-2H3,(H,20,23). The molecule has 0 radical (unpaired) electrons. The molecule has 1 saturated carbocycles. The highest BCUT2D eigenvalue weighted by Crippen LogP contribution is 2.33. The number of carbonyl (C=O) groups excluding carboxylic acids is 1. The minimum atomic E-state index is 0.0823. The van der Waals surface area contributed by atoms with E-state index in [1.165, 1.54) is 32.1 Å². The van der Waals surface area contributed by atoms with Crippen LogP contribution < -0.4 is 5.32 Å². The van der Waals surface area contributed by atoms with Gasteiger partial charge in [0.2, 0.25) is 5.91 Å². The van der Waals surface area contributed by atoms with Gasteiger partial charge in [-0.15, -0.1) is 0 Å². The molecule has 0 atom stereocenters. The van der Waals surface area contributed by atoms with Gasteiger partial charge < -0.3 is 9.88 Å². The van der Waals surface area contributed by atoms with Gasteiger partial charge in [0.15, 0.2) is 0 Å². The van der Waals surface area contributed by atoms with Crippen LogP contribution in [0, 0.1) is 5.92 Å². The summed E-state index contributed by atoms with van der Waals surface area (Å²) in [5, 5.41) is 3.03. The molecule has 124 valence electrons. The molecule has 4 nitrogen and oxygen atoms in total. The van der Waals surface area contributed by atoms with Crippen LogP contribution in [0.25, 0.3) is 11.0 Å². The van der Waals surface area contributed by atoms with E-state index in [1.807, 2.05) is 18.2 Å². The number of para-hydroxylation sites is 2. The Labute approximate surface area is 138 Å². The minimum absolute atomic E-state index is 0.0823. The molecule has 1 amide bonds. The van der Waals surface area contributed by atoms with Crippen LogP contribution in [0.5, 0.6) is 0 Å². The molecule has 0 saturated heterocycles. The summed E-state index contributed by atoms with van der Waals surface area (Å²) < 4.78 is 2.14. The molecule has 1 N–H and O–H groups in total. The Balaban J connectivity index is 1.88. The van der Waals surface area contributed by atoms with Crippen molar-refractivity contribution in [3.8, 4) is 0 Å². The van der Waals surface area contributed by atoms with E-state index in [0.717, 1.165) is 23.4 Å². The molecule has 3 rings (SSSR count). The fourth-order valence-electron chi connectivity index (χ4n) is 3.45. The number of hydrogen-bond acceptors (Lipinski definition) is 2. The third-order valence-corrected chi connectivity index (χ3v) is 4.66. The maximum atomic E-state index is 12.3. The zero-order chi connectivity index (χ0) is 16.2. The molecule has 0 bridgehead atoms. The second-order valence-corrected chi connectivity index (χ2v) is 7.08. The molecule has 1 aliphatic carbocycles. The summed E-state index contributed by atoms with van der Waals surface area (Å²) in [6.07, 6.45) is 6.25. The predicted octanol–water partition coefficient (Wildman–Crippen LogP) is 3.86. The summed E-state index contributed by atoms with van der Waals surface area (Å²) in [7, 11) is 0. The molecule has 1 aromatic heterocycles. The SMILES string of the molecule is CC(C)CNC(=O)Cn1c(C2CCCCC2)nc2ccccc21. The number of fused-ring (bicyclic) bond motifs is 1. The number of nitrogens with one attached hydrogen (secondary N) is 1. The van der Waals surface area contributed by atoms with E-state index in [4.69, 9.17) is 4.98 Å². The topological polar surface area (TPSA) is 46.9 Å². The third kappa shape index (κ3) is 3.74. The van der Waals surface area contributed by atoms with E-state index in [-0.39, 0.29) is 5.91 Å². The Morgan fingerprint density at radius 2 is 2.00 bits per heavy atom. The van der Waals surface area contributed by atoms with E-state index in [9.17, 15) is 4.79 Å². The lowest BCUT2D eigenvalue weighted by molar-refractivity contribution is -0.121. The van der Waals surface area contributed by atoms with E-state index >= 15 is 0 Å². The normalized spacial score (nSPS) is 16.1. The van der Waals surface area contributed by atoms with Gasteiger partial charge in [0.05, 0.1) is 11.0 Å². The molecular weight excluding hydrogens is 286 g/mol. The Hall–Kier alpha value is -1.84. The first-order chi connectivity index (χ1) is 11.1. The number of aromatic nitrogens is 2. The van der Waals surface area contributed by atoms with E-state index in [2.05, 4.69) is 29.8 Å². The van der Waals surface area contributed by atoms with Gasteiger partial charge in [0.25, 0.3) is 0 Å². The van der Waals surface area contributed by atoms with Crippen LogP contribution in [0.15, 0.2) is 24.3 Å². The number of hydrogen-bond donors (Lipinski definition) is 1. The highest BCUT2D eigenvalue weighted by Gasteiger charge is 2.23. The number of rotatable bonds is 5. The smallest absolute Gasteiger partial charge is 0.240 e. The number of carbonyl (C=O) groups is 1. The number of imidazole rings is 1. The van der Waals surface area contributed by atoms with Crippen LogP contribution >= 0.6 is 0 Å². The van der Waals surface area contributed by atoms with Crippen LogP contribution in [-0.2, 0) is 11.3 Å². The molecule has 1 aromatic carbocycles. The molecule has 0 aliphatic heterocycles. The van der Waals surface area contributed by atoms with Crippen molar-refractivity contribution in [2.75, 3.05) is 6.54 Å². The van der Waals surface area contributed by atoms with Crippen LogP contribution in [0.1, 0.15) is 57.7 Å². The van der Waals surface area contributed by atoms with Crippen molar-refractivity contribution in [3.05, 3.63) is 30.1 Å². The number of amides is 1. The summed E-state index contributed by atoms with van der Waals surface area (Å²) in [4.78, 5) is 17.2. The van der Waals surface area contributed by atoms with Gasteiger partial charge in [-0.3, -0.25) is 4.79 Å². The first kappa shape index (κ1) is 16.0. The average Bonchev–Trinajstić information content (AvgIpc) is 2.92. The van der Waals surface area contributed by atoms with Crippen LogP contribution in [0.2, 0.25) is 0 Å². The van der Waals surface area contributed by atoms with Crippen LogP contribution in [0.3, 0.4) is 0 Å². The highest BCUT2D eigenvalue weighted by atomic mass is 16.1. The van der Waals surface area contributed by atoms with Gasteiger partial charge >= 0.3 is 0 Å². The minimum Gasteiger partial charge on any atom is -0.354 e. The van der Waals surface area contributed by atoms with E-state index in [1.54, 1.807) is 0 Å². The van der Waals surface area contributed by atoms with Crippen molar-refractivity contribution in [2.24, 2.45) is 5.92 Å². The Morgan fingerprint density at radius 3 is 2.74 bits per heavy atom. The lowest BCUT2D eigenvalue weighted by atomic mass is 9.88. The third-order valence-electron chi connectivity index (χ3n) is 4.66. The summed E-state index contributed by atoms with van der Waals surface area (Å²) in [6, 6.07) is 8.16. The summed E-state index contributed by atoms with van der Waals surface area (Å²) in [6.45, 7) is 5.32. The van der Waals surface area contributed by atoms with Crippen molar-refractivity contribution < 1.29 is 4.79 Å². The average molecular weight is 313 g/mol. The van der Waals surface area contributed by atoms with Crippen LogP contribution in [0.4, 0.5) is 0 Å². The molecule has 0 unspecified atom stereocenters. The highest BCUT2D eigenvalue weighted by molar-refractivity contribution is 5.81. The summed E-state index contributed by atoms with van der Waals surface area (Å²) in [5.41, 5.74) is 2.08. The lowest BCUT2D eigenvalue weighted by Crippen LogP contribution is -2.31. The molecule has 1 heterocycles. The quantitative estimate of drug-likeness (QED) is 0.911. The molecule has 23 heavy (non-hydrogen) atoms. The maximum Gasteiger partial charge on any atom is 0.240 e. The van der Waals surface area contributed by atoms with Gasteiger partial charge in [-0.25, -0.2) is 4.98 Å². The second-order valence-electron chi connectivity index (χ2n) is 7.08. The van der Waals surface area contributed by atoms with Crippen molar-refractivity contribution >= 4 is 16.9 Å². The summed E-state index contributed by atoms with van der Waals surface area (Å²) in [5.74, 6) is 2.15. The van der Waals surface area contributed by atoms with Crippen molar-refractivity contribution in [3.63, 3.8) is 0 Å². The first-order valence-electron chi connectivity index (χ1n) is 8.87. The lowest BCUT2D eigenvalue weighted by Gasteiger charge is -2.22. The molecular formula is C19H27N3O. The van der Waals surface area contributed by atoms with E-state index < -0.39 is 0 Å².